The molecule has 1 atom stereocenters. The van der Waals surface area contributed by atoms with Crippen molar-refractivity contribution in [1.82, 2.24) is 10.2 Å². The summed E-state index contributed by atoms with van der Waals surface area (Å²) in [5.74, 6) is 1.15. The number of aryl methyl sites for hydroxylation is 2. The predicted octanol–water partition coefficient (Wildman–Crippen LogP) is 4.28. The van der Waals surface area contributed by atoms with E-state index < -0.39 is 6.04 Å². The molecule has 0 heterocycles. The van der Waals surface area contributed by atoms with Crippen molar-refractivity contribution >= 4 is 11.8 Å². The fraction of sp³-hybridized carbons (Fsp3) is 0.462. The highest BCUT2D eigenvalue weighted by Gasteiger charge is 2.28. The van der Waals surface area contributed by atoms with Crippen molar-refractivity contribution in [3.05, 3.63) is 59.2 Å². The molecule has 0 spiro atoms. The van der Waals surface area contributed by atoms with E-state index in [0.29, 0.717) is 43.9 Å². The molecule has 0 bridgehead atoms. The van der Waals surface area contributed by atoms with Crippen LogP contribution >= 0.6 is 0 Å². The Morgan fingerprint density at radius 1 is 0.969 bits per heavy atom. The standard InChI is InChI=1S/C26H36N2O4/c1-6-16-27-26(30)22(7-2)28(18-21-10-8-19(3)9-11-21)25(29)15-13-20-12-14-23(31-4)24(17-20)32-5/h8-12,14,17,22H,6-7,13,15-16,18H2,1-5H3,(H,27,30)/t22-/m0/s1. The van der Waals surface area contributed by atoms with E-state index >= 15 is 0 Å². The molecule has 2 aromatic rings. The first-order chi connectivity index (χ1) is 15.4. The number of rotatable bonds is 12. The number of methoxy groups -OCH3 is 2. The van der Waals surface area contributed by atoms with Gasteiger partial charge in [0.1, 0.15) is 6.04 Å². The SMILES string of the molecule is CCCNC(=O)[C@H](CC)N(Cc1ccc(C)cc1)C(=O)CCc1ccc(OC)c(OC)c1. The third-order valence-electron chi connectivity index (χ3n) is 5.48. The zero-order valence-electron chi connectivity index (χ0n) is 19.9. The highest BCUT2D eigenvalue weighted by atomic mass is 16.5. The lowest BCUT2D eigenvalue weighted by molar-refractivity contribution is -0.141. The zero-order chi connectivity index (χ0) is 23.5. The van der Waals surface area contributed by atoms with E-state index in [1.54, 1.807) is 19.1 Å². The average Bonchev–Trinajstić information content (AvgIpc) is 2.81. The first-order valence-electron chi connectivity index (χ1n) is 11.3. The maximum absolute atomic E-state index is 13.3. The lowest BCUT2D eigenvalue weighted by Crippen LogP contribution is -2.49. The number of amides is 2. The predicted molar refractivity (Wildman–Crippen MR) is 127 cm³/mol. The Labute approximate surface area is 191 Å². The highest BCUT2D eigenvalue weighted by molar-refractivity contribution is 5.87. The molecule has 2 amide bonds. The summed E-state index contributed by atoms with van der Waals surface area (Å²) in [5.41, 5.74) is 3.15. The first kappa shape index (κ1) is 25.2. The quantitative estimate of drug-likeness (QED) is 0.535. The molecule has 0 aliphatic rings. The van der Waals surface area contributed by atoms with Crippen molar-refractivity contribution in [3.8, 4) is 11.5 Å². The van der Waals surface area contributed by atoms with Gasteiger partial charge in [-0.05, 0) is 49.4 Å². The van der Waals surface area contributed by atoms with Crippen molar-refractivity contribution < 1.29 is 19.1 Å². The molecule has 0 fully saturated rings. The van der Waals surface area contributed by atoms with Gasteiger partial charge in [0.05, 0.1) is 14.2 Å². The van der Waals surface area contributed by atoms with Crippen molar-refractivity contribution in [3.63, 3.8) is 0 Å². The zero-order valence-corrected chi connectivity index (χ0v) is 19.9. The van der Waals surface area contributed by atoms with Crippen LogP contribution in [-0.2, 0) is 22.6 Å². The van der Waals surface area contributed by atoms with Gasteiger partial charge in [0, 0.05) is 19.5 Å². The normalized spacial score (nSPS) is 11.5. The molecule has 0 saturated carbocycles. The van der Waals surface area contributed by atoms with E-state index in [0.717, 1.165) is 23.1 Å². The molecule has 0 aliphatic carbocycles. The minimum absolute atomic E-state index is 0.0427. The summed E-state index contributed by atoms with van der Waals surface area (Å²) in [6.45, 7) is 7.00. The van der Waals surface area contributed by atoms with Crippen LogP contribution in [0.25, 0.3) is 0 Å². The van der Waals surface area contributed by atoms with E-state index in [1.807, 2.05) is 63.2 Å². The first-order valence-corrected chi connectivity index (χ1v) is 11.3. The van der Waals surface area contributed by atoms with Crippen LogP contribution in [0.4, 0.5) is 0 Å². The van der Waals surface area contributed by atoms with Gasteiger partial charge in [0.2, 0.25) is 11.8 Å². The lowest BCUT2D eigenvalue weighted by Gasteiger charge is -2.31. The Kier molecular flexibility index (Phi) is 10.1. The number of hydrogen-bond donors (Lipinski definition) is 1. The third kappa shape index (κ3) is 7.01. The molecular formula is C26H36N2O4. The number of nitrogens with one attached hydrogen (secondary N) is 1. The van der Waals surface area contributed by atoms with Crippen LogP contribution in [-0.4, -0.2) is 43.5 Å². The van der Waals surface area contributed by atoms with Gasteiger partial charge in [-0.1, -0.05) is 49.7 Å². The minimum Gasteiger partial charge on any atom is -0.493 e. The summed E-state index contributed by atoms with van der Waals surface area (Å²) in [6, 6.07) is 13.3. The summed E-state index contributed by atoms with van der Waals surface area (Å²) in [4.78, 5) is 27.9. The Hall–Kier alpha value is -3.02. The molecule has 32 heavy (non-hydrogen) atoms. The number of ether oxygens (including phenoxy) is 2. The highest BCUT2D eigenvalue weighted by Crippen LogP contribution is 2.28. The molecular weight excluding hydrogens is 404 g/mol. The van der Waals surface area contributed by atoms with E-state index in [4.69, 9.17) is 9.47 Å². The third-order valence-corrected chi connectivity index (χ3v) is 5.48. The van der Waals surface area contributed by atoms with Crippen LogP contribution < -0.4 is 14.8 Å². The van der Waals surface area contributed by atoms with Gasteiger partial charge < -0.3 is 19.7 Å². The fourth-order valence-corrected chi connectivity index (χ4v) is 3.61. The number of benzene rings is 2. The smallest absolute Gasteiger partial charge is 0.242 e. The van der Waals surface area contributed by atoms with E-state index in [9.17, 15) is 9.59 Å². The molecule has 1 N–H and O–H groups in total. The van der Waals surface area contributed by atoms with Gasteiger partial charge in [-0.15, -0.1) is 0 Å². The van der Waals surface area contributed by atoms with Gasteiger partial charge in [-0.25, -0.2) is 0 Å². The van der Waals surface area contributed by atoms with Gasteiger partial charge in [0.25, 0.3) is 0 Å². The van der Waals surface area contributed by atoms with Crippen LogP contribution in [0.5, 0.6) is 11.5 Å². The second-order valence-corrected chi connectivity index (χ2v) is 7.91. The minimum atomic E-state index is -0.499. The Balaban J connectivity index is 2.20. The molecule has 2 aromatic carbocycles. The molecule has 0 aliphatic heterocycles. The van der Waals surface area contributed by atoms with Crippen LogP contribution in [0.2, 0.25) is 0 Å². The Morgan fingerprint density at radius 2 is 1.62 bits per heavy atom. The summed E-state index contributed by atoms with van der Waals surface area (Å²) >= 11 is 0. The van der Waals surface area contributed by atoms with Gasteiger partial charge >= 0.3 is 0 Å². The van der Waals surface area contributed by atoms with E-state index in [2.05, 4.69) is 5.32 Å². The number of hydrogen-bond acceptors (Lipinski definition) is 4. The summed E-state index contributed by atoms with van der Waals surface area (Å²) in [7, 11) is 3.19. The summed E-state index contributed by atoms with van der Waals surface area (Å²) in [5, 5.41) is 2.95. The number of carbonyl (C=O) groups excluding carboxylic acids is 2. The topological polar surface area (TPSA) is 67.9 Å². The van der Waals surface area contributed by atoms with E-state index in [-0.39, 0.29) is 11.8 Å². The van der Waals surface area contributed by atoms with Crippen LogP contribution in [0.1, 0.15) is 49.8 Å². The molecule has 6 nitrogen and oxygen atoms in total. The largest absolute Gasteiger partial charge is 0.493 e. The van der Waals surface area contributed by atoms with Crippen molar-refractivity contribution in [1.29, 1.82) is 0 Å². The molecule has 0 saturated heterocycles. The van der Waals surface area contributed by atoms with Gasteiger partial charge in [-0.2, -0.15) is 0 Å². The monoisotopic (exact) mass is 440 g/mol. The second kappa shape index (κ2) is 12.7. The summed E-state index contributed by atoms with van der Waals surface area (Å²) in [6.07, 6.45) is 2.27. The number of carbonyl (C=O) groups is 2. The van der Waals surface area contributed by atoms with Crippen LogP contribution in [0.15, 0.2) is 42.5 Å². The Morgan fingerprint density at radius 3 is 2.22 bits per heavy atom. The maximum Gasteiger partial charge on any atom is 0.242 e. The molecule has 0 aromatic heterocycles. The van der Waals surface area contributed by atoms with Crippen molar-refractivity contribution in [2.75, 3.05) is 20.8 Å². The molecule has 2 rings (SSSR count). The van der Waals surface area contributed by atoms with Crippen molar-refractivity contribution in [2.24, 2.45) is 0 Å². The van der Waals surface area contributed by atoms with Crippen LogP contribution in [0.3, 0.4) is 0 Å². The molecule has 0 unspecified atom stereocenters. The number of nitrogens with zero attached hydrogens (tertiary/aromatic N) is 1. The average molecular weight is 441 g/mol. The van der Waals surface area contributed by atoms with Gasteiger partial charge in [-0.3, -0.25) is 9.59 Å². The van der Waals surface area contributed by atoms with Gasteiger partial charge in [0.15, 0.2) is 11.5 Å². The van der Waals surface area contributed by atoms with E-state index in [1.165, 1.54) is 0 Å². The fourth-order valence-electron chi connectivity index (χ4n) is 3.61. The molecule has 174 valence electrons. The summed E-state index contributed by atoms with van der Waals surface area (Å²) < 4.78 is 10.7. The lowest BCUT2D eigenvalue weighted by atomic mass is 10.0. The van der Waals surface area contributed by atoms with Crippen LogP contribution in [0, 0.1) is 6.92 Å². The second-order valence-electron chi connectivity index (χ2n) is 7.91. The molecule has 6 heteroatoms. The Bertz CT molecular complexity index is 880. The maximum atomic E-state index is 13.3. The molecule has 0 radical (unpaired) electrons. The van der Waals surface area contributed by atoms with Crippen molar-refractivity contribution in [2.45, 2.75) is 59.0 Å².